The van der Waals surface area contributed by atoms with Gasteiger partial charge in [-0.1, -0.05) is 26.8 Å². The summed E-state index contributed by atoms with van der Waals surface area (Å²) < 4.78 is 5.72. The third-order valence-electron chi connectivity index (χ3n) is 3.58. The Morgan fingerprint density at radius 3 is 2.89 bits per heavy atom. The Labute approximate surface area is 110 Å². The van der Waals surface area contributed by atoms with Gasteiger partial charge >= 0.3 is 0 Å². The number of benzene rings is 1. The summed E-state index contributed by atoms with van der Waals surface area (Å²) in [7, 11) is 0. The van der Waals surface area contributed by atoms with E-state index < -0.39 is 0 Å². The smallest absolute Gasteiger partial charge is 0.148 e. The molecule has 0 fully saturated rings. The average Bonchev–Trinajstić information content (AvgIpc) is 2.37. The molecule has 1 aromatic carbocycles. The van der Waals surface area contributed by atoms with Crippen molar-refractivity contribution in [2.24, 2.45) is 5.73 Å². The molecule has 1 aliphatic heterocycles. The van der Waals surface area contributed by atoms with E-state index in [-0.39, 0.29) is 6.23 Å². The van der Waals surface area contributed by atoms with E-state index in [0.717, 1.165) is 37.9 Å². The Morgan fingerprint density at radius 2 is 2.22 bits per heavy atom. The van der Waals surface area contributed by atoms with Crippen molar-refractivity contribution in [3.05, 3.63) is 35.4 Å². The van der Waals surface area contributed by atoms with Crippen molar-refractivity contribution < 1.29 is 4.74 Å². The van der Waals surface area contributed by atoms with Gasteiger partial charge in [0.05, 0.1) is 0 Å². The minimum Gasteiger partial charge on any atom is -0.475 e. The van der Waals surface area contributed by atoms with E-state index in [0.29, 0.717) is 0 Å². The average molecular weight is 245 g/mol. The lowest BCUT2D eigenvalue weighted by Gasteiger charge is -2.25. The van der Waals surface area contributed by atoms with E-state index in [9.17, 15) is 0 Å². The zero-order valence-electron chi connectivity index (χ0n) is 11.5. The summed E-state index contributed by atoms with van der Waals surface area (Å²) >= 11 is 0. The Morgan fingerprint density at radius 1 is 1.44 bits per heavy atom. The lowest BCUT2D eigenvalue weighted by atomic mass is 9.91. The van der Waals surface area contributed by atoms with E-state index in [4.69, 9.17) is 10.5 Å². The lowest BCUT2D eigenvalue weighted by molar-refractivity contribution is 0.180. The maximum atomic E-state index is 5.85. The third kappa shape index (κ3) is 2.59. The van der Waals surface area contributed by atoms with Crippen LogP contribution in [0.25, 0.3) is 5.57 Å². The van der Waals surface area contributed by atoms with Crippen molar-refractivity contribution >= 4 is 5.57 Å². The number of rotatable bonds is 4. The molecule has 2 heteroatoms. The van der Waals surface area contributed by atoms with Gasteiger partial charge in [-0.3, -0.25) is 5.73 Å². The fraction of sp³-hybridized carbons (Fsp3) is 0.500. The monoisotopic (exact) mass is 245 g/mol. The molecule has 0 saturated carbocycles. The van der Waals surface area contributed by atoms with Crippen molar-refractivity contribution in [2.75, 3.05) is 0 Å². The second kappa shape index (κ2) is 5.57. The van der Waals surface area contributed by atoms with Crippen LogP contribution in [0.1, 0.15) is 49.8 Å². The molecular weight excluding hydrogens is 222 g/mol. The highest BCUT2D eigenvalue weighted by molar-refractivity contribution is 5.68. The number of ether oxygens (including phenoxy) is 1. The number of nitrogens with two attached hydrogens (primary N) is 1. The van der Waals surface area contributed by atoms with Gasteiger partial charge in [0.2, 0.25) is 0 Å². The molecule has 0 bridgehead atoms. The number of aryl methyl sites for hydroxylation is 2. The molecular formula is C16H23NO. The highest BCUT2D eigenvalue weighted by Crippen LogP contribution is 2.33. The normalized spacial score (nSPS) is 18.1. The van der Waals surface area contributed by atoms with E-state index in [1.54, 1.807) is 0 Å². The number of fused-ring (bicyclic) bond motifs is 1. The maximum Gasteiger partial charge on any atom is 0.148 e. The molecule has 1 unspecified atom stereocenters. The molecule has 0 aliphatic carbocycles. The van der Waals surface area contributed by atoms with Gasteiger partial charge in [-0.15, -0.1) is 0 Å². The number of hydrogen-bond donors (Lipinski definition) is 1. The lowest BCUT2D eigenvalue weighted by Crippen LogP contribution is -2.31. The Balaban J connectivity index is 2.38. The van der Waals surface area contributed by atoms with Gasteiger partial charge in [0.25, 0.3) is 0 Å². The van der Waals surface area contributed by atoms with Crippen LogP contribution in [-0.4, -0.2) is 6.23 Å². The second-order valence-electron chi connectivity index (χ2n) is 5.02. The predicted octanol–water partition coefficient (Wildman–Crippen LogP) is 3.67. The molecule has 2 N–H and O–H groups in total. The highest BCUT2D eigenvalue weighted by atomic mass is 16.5. The molecule has 1 aromatic rings. The first kappa shape index (κ1) is 13.2. The fourth-order valence-corrected chi connectivity index (χ4v) is 2.55. The van der Waals surface area contributed by atoms with E-state index in [2.05, 4.69) is 32.6 Å². The van der Waals surface area contributed by atoms with Crippen LogP contribution in [0.3, 0.4) is 0 Å². The van der Waals surface area contributed by atoms with Crippen molar-refractivity contribution in [2.45, 2.75) is 52.2 Å². The Kier molecular flexibility index (Phi) is 4.07. The molecule has 2 nitrogen and oxygen atoms in total. The quantitative estimate of drug-likeness (QED) is 0.878. The third-order valence-corrected chi connectivity index (χ3v) is 3.58. The molecule has 0 saturated heterocycles. The van der Waals surface area contributed by atoms with Gasteiger partial charge in [-0.25, -0.2) is 0 Å². The van der Waals surface area contributed by atoms with Gasteiger partial charge in [0.15, 0.2) is 0 Å². The first-order valence-corrected chi connectivity index (χ1v) is 6.91. The minimum absolute atomic E-state index is 0.146. The Bertz CT molecular complexity index is 451. The first-order chi connectivity index (χ1) is 8.65. The van der Waals surface area contributed by atoms with Crippen LogP contribution < -0.4 is 10.5 Å². The van der Waals surface area contributed by atoms with Crippen LogP contribution >= 0.6 is 0 Å². The number of hydrogen-bond acceptors (Lipinski definition) is 2. The SMILES string of the molecule is C=C(CCC)c1cc2c(cc1CC)OC(N)CC2. The number of allylic oxidation sites excluding steroid dienone is 1. The molecule has 0 radical (unpaired) electrons. The van der Waals surface area contributed by atoms with Gasteiger partial charge < -0.3 is 4.74 Å². The molecule has 1 heterocycles. The first-order valence-electron chi connectivity index (χ1n) is 6.91. The topological polar surface area (TPSA) is 35.2 Å². The summed E-state index contributed by atoms with van der Waals surface area (Å²) in [6.07, 6.45) is 4.97. The van der Waals surface area contributed by atoms with Crippen LogP contribution in [0.2, 0.25) is 0 Å². The summed E-state index contributed by atoms with van der Waals surface area (Å²) in [6, 6.07) is 4.42. The van der Waals surface area contributed by atoms with Crippen LogP contribution in [0.4, 0.5) is 0 Å². The zero-order valence-corrected chi connectivity index (χ0v) is 11.5. The summed E-state index contributed by atoms with van der Waals surface area (Å²) in [5.41, 5.74) is 11.0. The molecule has 1 atom stereocenters. The fourth-order valence-electron chi connectivity index (χ4n) is 2.55. The predicted molar refractivity (Wildman–Crippen MR) is 76.7 cm³/mol. The molecule has 0 aromatic heterocycles. The minimum atomic E-state index is -0.146. The van der Waals surface area contributed by atoms with Crippen molar-refractivity contribution in [1.82, 2.24) is 0 Å². The standard InChI is InChI=1S/C16H23NO/c1-4-6-11(3)14-9-13-7-8-16(17)18-15(13)10-12(14)5-2/h9-10,16H,3-8,17H2,1-2H3. The van der Waals surface area contributed by atoms with Crippen molar-refractivity contribution in [3.8, 4) is 5.75 Å². The van der Waals surface area contributed by atoms with Gasteiger partial charge in [-0.05, 0) is 53.7 Å². The van der Waals surface area contributed by atoms with Crippen LogP contribution in [0.15, 0.2) is 18.7 Å². The van der Waals surface area contributed by atoms with Crippen LogP contribution in [0, 0.1) is 0 Å². The van der Waals surface area contributed by atoms with Gasteiger partial charge in [0, 0.05) is 6.42 Å². The molecule has 18 heavy (non-hydrogen) atoms. The largest absolute Gasteiger partial charge is 0.475 e. The summed E-state index contributed by atoms with van der Waals surface area (Å²) in [4.78, 5) is 0. The van der Waals surface area contributed by atoms with Gasteiger partial charge in [0.1, 0.15) is 12.0 Å². The highest BCUT2D eigenvalue weighted by Gasteiger charge is 2.19. The van der Waals surface area contributed by atoms with Gasteiger partial charge in [-0.2, -0.15) is 0 Å². The van der Waals surface area contributed by atoms with Crippen LogP contribution in [0.5, 0.6) is 5.75 Å². The summed E-state index contributed by atoms with van der Waals surface area (Å²) in [5.74, 6) is 0.971. The second-order valence-corrected chi connectivity index (χ2v) is 5.02. The maximum absolute atomic E-state index is 5.85. The van der Waals surface area contributed by atoms with Crippen molar-refractivity contribution in [3.63, 3.8) is 0 Å². The van der Waals surface area contributed by atoms with Crippen molar-refractivity contribution in [1.29, 1.82) is 0 Å². The molecule has 98 valence electrons. The molecule has 2 rings (SSSR count). The van der Waals surface area contributed by atoms with E-state index in [1.165, 1.54) is 22.3 Å². The Hall–Kier alpha value is -1.28. The molecule has 0 spiro atoms. The summed E-state index contributed by atoms with van der Waals surface area (Å²) in [5, 5.41) is 0. The molecule has 0 amide bonds. The summed E-state index contributed by atoms with van der Waals surface area (Å²) in [6.45, 7) is 8.59. The van der Waals surface area contributed by atoms with E-state index in [1.807, 2.05) is 0 Å². The van der Waals surface area contributed by atoms with Crippen LogP contribution in [-0.2, 0) is 12.8 Å². The van der Waals surface area contributed by atoms with E-state index >= 15 is 0 Å². The zero-order chi connectivity index (χ0) is 13.1. The molecule has 1 aliphatic rings.